The molecule has 0 spiro atoms. The Morgan fingerprint density at radius 1 is 0.973 bits per heavy atom. The van der Waals surface area contributed by atoms with Crippen LogP contribution >= 0.6 is 0 Å². The van der Waals surface area contributed by atoms with Gasteiger partial charge in [-0.05, 0) is 60.2 Å². The summed E-state index contributed by atoms with van der Waals surface area (Å²) >= 11 is 0. The Bertz CT molecular complexity index is 1380. The lowest BCUT2D eigenvalue weighted by molar-refractivity contribution is -0.118. The van der Waals surface area contributed by atoms with E-state index in [0.717, 1.165) is 0 Å². The lowest BCUT2D eigenvalue weighted by Gasteiger charge is -2.12. The first kappa shape index (κ1) is 26.4. The third-order valence-corrected chi connectivity index (χ3v) is 4.93. The van der Waals surface area contributed by atoms with Gasteiger partial charge in [0.1, 0.15) is 17.5 Å². The van der Waals surface area contributed by atoms with Crippen LogP contribution in [0.15, 0.2) is 72.3 Å². The molecule has 0 unspecified atom stereocenters. The Morgan fingerprint density at radius 2 is 1.70 bits per heavy atom. The van der Waals surface area contributed by atoms with Crippen molar-refractivity contribution in [3.63, 3.8) is 0 Å². The van der Waals surface area contributed by atoms with Crippen LogP contribution in [0.4, 0.5) is 15.8 Å². The highest BCUT2D eigenvalue weighted by molar-refractivity contribution is 6.09. The summed E-state index contributed by atoms with van der Waals surface area (Å²) in [6.07, 6.45) is 1.36. The summed E-state index contributed by atoms with van der Waals surface area (Å²) in [5, 5.41) is 14.5. The molecule has 0 aromatic heterocycles. The number of rotatable bonds is 9. The standard InChI is InChI=1S/C27H22FN3O6/c1-35-24-14-17(7-12-23(24)37-16-25(32)31-22-6-4-3-5-21(22)28)13-19(15-29)26(33)30-20-10-8-18(9-11-20)27(34)36-2/h3-14H,16H2,1-2H3,(H,30,33)(H,31,32)/b19-13-. The van der Waals surface area contributed by atoms with Gasteiger partial charge >= 0.3 is 5.97 Å². The van der Waals surface area contributed by atoms with Crippen LogP contribution in [0.3, 0.4) is 0 Å². The number of ether oxygens (including phenoxy) is 3. The van der Waals surface area contributed by atoms with Gasteiger partial charge in [0.15, 0.2) is 18.1 Å². The van der Waals surface area contributed by atoms with Gasteiger partial charge in [0, 0.05) is 5.69 Å². The molecule has 188 valence electrons. The molecule has 3 aromatic carbocycles. The molecule has 0 aliphatic rings. The van der Waals surface area contributed by atoms with Crippen LogP contribution < -0.4 is 20.1 Å². The highest BCUT2D eigenvalue weighted by Gasteiger charge is 2.13. The first-order valence-electron chi connectivity index (χ1n) is 10.8. The fourth-order valence-corrected chi connectivity index (χ4v) is 3.11. The molecule has 3 aromatic rings. The van der Waals surface area contributed by atoms with Crippen molar-refractivity contribution in [2.75, 3.05) is 31.5 Å². The molecule has 0 saturated heterocycles. The highest BCUT2D eigenvalue weighted by atomic mass is 19.1. The molecule has 9 nitrogen and oxygen atoms in total. The molecule has 0 atom stereocenters. The number of hydrogen-bond acceptors (Lipinski definition) is 7. The van der Waals surface area contributed by atoms with Crippen molar-refractivity contribution in [3.05, 3.63) is 89.2 Å². The van der Waals surface area contributed by atoms with Crippen LogP contribution in [0.2, 0.25) is 0 Å². The molecule has 0 saturated carbocycles. The summed E-state index contributed by atoms with van der Waals surface area (Å²) in [6.45, 7) is -0.402. The molecular weight excluding hydrogens is 481 g/mol. The number of benzene rings is 3. The molecule has 0 aliphatic carbocycles. The second kappa shape index (κ2) is 12.5. The number of esters is 1. The molecule has 0 aliphatic heterocycles. The van der Waals surface area contributed by atoms with E-state index in [1.165, 1.54) is 74.9 Å². The number of hydrogen-bond donors (Lipinski definition) is 2. The van der Waals surface area contributed by atoms with Crippen LogP contribution in [-0.4, -0.2) is 38.6 Å². The minimum Gasteiger partial charge on any atom is -0.493 e. The Kier molecular flexibility index (Phi) is 8.94. The van der Waals surface area contributed by atoms with E-state index in [0.29, 0.717) is 16.8 Å². The second-order valence-corrected chi connectivity index (χ2v) is 7.42. The molecule has 0 bridgehead atoms. The molecule has 2 amide bonds. The first-order chi connectivity index (χ1) is 17.8. The van der Waals surface area contributed by atoms with Gasteiger partial charge in [-0.25, -0.2) is 9.18 Å². The predicted molar refractivity (Wildman–Crippen MR) is 134 cm³/mol. The quantitative estimate of drug-likeness (QED) is 0.255. The summed E-state index contributed by atoms with van der Waals surface area (Å²) in [6, 6.07) is 18.2. The van der Waals surface area contributed by atoms with Gasteiger partial charge in [-0.2, -0.15) is 5.26 Å². The van der Waals surface area contributed by atoms with E-state index in [-0.39, 0.29) is 22.8 Å². The number of nitriles is 1. The monoisotopic (exact) mass is 503 g/mol. The highest BCUT2D eigenvalue weighted by Crippen LogP contribution is 2.29. The van der Waals surface area contributed by atoms with Crippen LogP contribution in [0.5, 0.6) is 11.5 Å². The number of halogens is 1. The maximum Gasteiger partial charge on any atom is 0.337 e. The molecule has 3 rings (SSSR count). The number of anilines is 2. The van der Waals surface area contributed by atoms with Crippen LogP contribution in [0, 0.1) is 17.1 Å². The zero-order valence-electron chi connectivity index (χ0n) is 19.9. The van der Waals surface area contributed by atoms with Crippen molar-refractivity contribution in [1.29, 1.82) is 5.26 Å². The summed E-state index contributed by atoms with van der Waals surface area (Å²) < 4.78 is 29.1. The van der Waals surface area contributed by atoms with Gasteiger partial charge in [-0.15, -0.1) is 0 Å². The molecule has 0 heterocycles. The molecule has 0 radical (unpaired) electrons. The van der Waals surface area contributed by atoms with Crippen molar-refractivity contribution in [2.24, 2.45) is 0 Å². The van der Waals surface area contributed by atoms with Crippen molar-refractivity contribution in [2.45, 2.75) is 0 Å². The number of carbonyl (C=O) groups is 3. The number of carbonyl (C=O) groups excluding carboxylic acids is 3. The minimum atomic E-state index is -0.655. The van der Waals surface area contributed by atoms with Gasteiger partial charge in [0.05, 0.1) is 25.5 Å². The summed E-state index contributed by atoms with van der Waals surface area (Å²) in [7, 11) is 2.66. The molecular formula is C27H22FN3O6. The Hall–Kier alpha value is -5.17. The Morgan fingerprint density at radius 3 is 2.35 bits per heavy atom. The van der Waals surface area contributed by atoms with E-state index in [4.69, 9.17) is 9.47 Å². The number of methoxy groups -OCH3 is 2. The average Bonchev–Trinajstić information content (AvgIpc) is 2.91. The van der Waals surface area contributed by atoms with E-state index in [1.54, 1.807) is 12.1 Å². The second-order valence-electron chi connectivity index (χ2n) is 7.42. The zero-order valence-corrected chi connectivity index (χ0v) is 19.9. The van der Waals surface area contributed by atoms with Gasteiger partial charge in [-0.3, -0.25) is 9.59 Å². The van der Waals surface area contributed by atoms with Crippen molar-refractivity contribution < 1.29 is 33.0 Å². The predicted octanol–water partition coefficient (Wildman–Crippen LogP) is 4.18. The number of para-hydroxylation sites is 1. The van der Waals surface area contributed by atoms with Crippen molar-refractivity contribution in [3.8, 4) is 17.6 Å². The van der Waals surface area contributed by atoms with Crippen molar-refractivity contribution in [1.82, 2.24) is 0 Å². The van der Waals surface area contributed by atoms with Gasteiger partial charge in [0.25, 0.3) is 11.8 Å². The number of nitrogens with zero attached hydrogens (tertiary/aromatic N) is 1. The number of nitrogens with one attached hydrogen (secondary N) is 2. The fraction of sp³-hybridized carbons (Fsp3) is 0.111. The first-order valence-corrected chi connectivity index (χ1v) is 10.8. The Labute approximate surface area is 212 Å². The molecule has 0 fully saturated rings. The van der Waals surface area contributed by atoms with Crippen molar-refractivity contribution >= 4 is 35.2 Å². The topological polar surface area (TPSA) is 127 Å². The summed E-state index contributed by atoms with van der Waals surface area (Å²) in [4.78, 5) is 36.2. The molecule has 10 heteroatoms. The fourth-order valence-electron chi connectivity index (χ4n) is 3.11. The Balaban J connectivity index is 1.67. The summed E-state index contributed by atoms with van der Waals surface area (Å²) in [5.41, 5.74) is 1.01. The SMILES string of the molecule is COC(=O)c1ccc(NC(=O)/C(C#N)=C\c2ccc(OCC(=O)Nc3ccccc3F)c(OC)c2)cc1. The van der Waals surface area contributed by atoms with Crippen LogP contribution in [0.1, 0.15) is 15.9 Å². The maximum absolute atomic E-state index is 13.7. The number of amides is 2. The average molecular weight is 503 g/mol. The summed E-state index contributed by atoms with van der Waals surface area (Å²) in [5.74, 6) is -1.82. The normalized spacial score (nSPS) is 10.6. The largest absolute Gasteiger partial charge is 0.493 e. The molecule has 37 heavy (non-hydrogen) atoms. The lowest BCUT2D eigenvalue weighted by Crippen LogP contribution is -2.20. The van der Waals surface area contributed by atoms with Gasteiger partial charge < -0.3 is 24.8 Å². The minimum absolute atomic E-state index is 0.0327. The third-order valence-electron chi connectivity index (χ3n) is 4.93. The zero-order chi connectivity index (χ0) is 26.8. The van der Waals surface area contributed by atoms with E-state index in [2.05, 4.69) is 15.4 Å². The lowest BCUT2D eigenvalue weighted by atomic mass is 10.1. The van der Waals surface area contributed by atoms with E-state index >= 15 is 0 Å². The molecule has 2 N–H and O–H groups in total. The van der Waals surface area contributed by atoms with E-state index in [9.17, 15) is 24.0 Å². The third kappa shape index (κ3) is 7.16. The van der Waals surface area contributed by atoms with E-state index in [1.807, 2.05) is 6.07 Å². The van der Waals surface area contributed by atoms with E-state index < -0.39 is 30.2 Å². The smallest absolute Gasteiger partial charge is 0.337 e. The van der Waals surface area contributed by atoms with Crippen LogP contribution in [-0.2, 0) is 14.3 Å². The van der Waals surface area contributed by atoms with Gasteiger partial charge in [0.2, 0.25) is 0 Å². The maximum atomic E-state index is 13.7. The van der Waals surface area contributed by atoms with Gasteiger partial charge in [-0.1, -0.05) is 18.2 Å². The van der Waals surface area contributed by atoms with Crippen LogP contribution in [0.25, 0.3) is 6.08 Å².